The number of hydrogen-bond donors (Lipinski definition) is 3. The van der Waals surface area contributed by atoms with Crippen LogP contribution >= 0.6 is 0 Å². The molecule has 3 N–H and O–H groups in total. The van der Waals surface area contributed by atoms with E-state index < -0.39 is 0 Å². The molecule has 2 aromatic carbocycles. The van der Waals surface area contributed by atoms with Gasteiger partial charge in [-0.3, -0.25) is 14.9 Å². The van der Waals surface area contributed by atoms with E-state index in [4.69, 9.17) is 4.98 Å². The van der Waals surface area contributed by atoms with Crippen LogP contribution in [0.3, 0.4) is 0 Å². The molecule has 38 heavy (non-hydrogen) atoms. The van der Waals surface area contributed by atoms with Crippen LogP contribution in [0.2, 0.25) is 0 Å². The Balaban J connectivity index is 1.41. The van der Waals surface area contributed by atoms with Gasteiger partial charge in [-0.2, -0.15) is 5.10 Å². The van der Waals surface area contributed by atoms with E-state index in [0.29, 0.717) is 34.8 Å². The van der Waals surface area contributed by atoms with E-state index in [-0.39, 0.29) is 11.7 Å². The summed E-state index contributed by atoms with van der Waals surface area (Å²) in [6.07, 6.45) is 6.30. The van der Waals surface area contributed by atoms with Crippen molar-refractivity contribution in [3.8, 4) is 33.8 Å². The van der Waals surface area contributed by atoms with Crippen molar-refractivity contribution < 1.29 is 9.18 Å². The second-order valence-corrected chi connectivity index (χ2v) is 9.25. The molecule has 1 amide bonds. The lowest BCUT2D eigenvalue weighted by molar-refractivity contribution is -0.116. The Morgan fingerprint density at radius 1 is 1.03 bits per heavy atom. The summed E-state index contributed by atoms with van der Waals surface area (Å²) in [6.45, 7) is 3.83. The van der Waals surface area contributed by atoms with Crippen LogP contribution in [0.5, 0.6) is 0 Å². The molecule has 4 aromatic heterocycles. The SMILES string of the molecule is CCCC(=O)Nc1cncc(-c2ccc3[nH]nc(-c4nc5nccc(-c6cc(C)cc(F)c6)c5[nH]4)c3c2)c1. The summed E-state index contributed by atoms with van der Waals surface area (Å²) in [5.41, 5.74) is 7.54. The average Bonchev–Trinajstić information content (AvgIpc) is 3.52. The van der Waals surface area contributed by atoms with Gasteiger partial charge in [-0.25, -0.2) is 14.4 Å². The highest BCUT2D eigenvalue weighted by Crippen LogP contribution is 2.33. The van der Waals surface area contributed by atoms with Crippen LogP contribution in [0.25, 0.3) is 55.8 Å². The highest BCUT2D eigenvalue weighted by atomic mass is 19.1. The largest absolute Gasteiger partial charge is 0.335 e. The second kappa shape index (κ2) is 9.51. The first kappa shape index (κ1) is 23.5. The van der Waals surface area contributed by atoms with Gasteiger partial charge < -0.3 is 10.3 Å². The van der Waals surface area contributed by atoms with Crippen molar-refractivity contribution in [1.82, 2.24) is 30.1 Å². The smallest absolute Gasteiger partial charge is 0.224 e. The molecule has 8 nitrogen and oxygen atoms in total. The number of pyridine rings is 2. The van der Waals surface area contributed by atoms with E-state index in [1.54, 1.807) is 18.6 Å². The molecular weight excluding hydrogens is 481 g/mol. The number of fused-ring (bicyclic) bond motifs is 2. The number of nitrogens with zero attached hydrogens (tertiary/aromatic N) is 4. The molecule has 0 aliphatic carbocycles. The minimum Gasteiger partial charge on any atom is -0.335 e. The fraction of sp³-hybridized carbons (Fsp3) is 0.138. The summed E-state index contributed by atoms with van der Waals surface area (Å²) in [7, 11) is 0. The van der Waals surface area contributed by atoms with E-state index in [2.05, 4.69) is 30.5 Å². The van der Waals surface area contributed by atoms with Gasteiger partial charge in [0.1, 0.15) is 11.5 Å². The topological polar surface area (TPSA) is 112 Å². The van der Waals surface area contributed by atoms with E-state index >= 15 is 0 Å². The quantitative estimate of drug-likeness (QED) is 0.242. The van der Waals surface area contributed by atoms with Crippen molar-refractivity contribution in [2.24, 2.45) is 0 Å². The molecule has 0 saturated heterocycles. The number of H-pyrrole nitrogens is 2. The van der Waals surface area contributed by atoms with Crippen LogP contribution in [0.15, 0.2) is 67.1 Å². The lowest BCUT2D eigenvalue weighted by Crippen LogP contribution is -2.10. The standard InChI is InChI=1S/C29H24FN7O/c1-3-4-25(38)33-21-12-19(14-31-15-21)17-5-6-24-23(13-17)27(37-36-24)29-34-26-22(7-8-32-28(26)35-29)18-9-16(2)10-20(30)11-18/h5-15H,3-4H2,1-2H3,(H,33,38)(H,36,37)(H,32,34,35). The lowest BCUT2D eigenvalue weighted by Gasteiger charge is -2.07. The molecule has 0 aliphatic heterocycles. The maximum Gasteiger partial charge on any atom is 0.224 e. The number of nitrogens with one attached hydrogen (secondary N) is 3. The number of carbonyl (C=O) groups excluding carboxylic acids is 1. The first-order valence-corrected chi connectivity index (χ1v) is 12.3. The summed E-state index contributed by atoms with van der Waals surface area (Å²) >= 11 is 0. The van der Waals surface area contributed by atoms with Crippen LogP contribution in [0, 0.1) is 12.7 Å². The van der Waals surface area contributed by atoms with Gasteiger partial charge in [0, 0.05) is 35.3 Å². The third kappa shape index (κ3) is 4.39. The summed E-state index contributed by atoms with van der Waals surface area (Å²) in [6, 6.07) is 14.6. The van der Waals surface area contributed by atoms with Gasteiger partial charge in [0.2, 0.25) is 5.91 Å². The normalized spacial score (nSPS) is 11.3. The number of benzene rings is 2. The van der Waals surface area contributed by atoms with Gasteiger partial charge in [0.25, 0.3) is 0 Å². The van der Waals surface area contributed by atoms with Crippen molar-refractivity contribution in [3.63, 3.8) is 0 Å². The van der Waals surface area contributed by atoms with Crippen LogP contribution < -0.4 is 5.32 Å². The molecular formula is C29H24FN7O. The van der Waals surface area contributed by atoms with Gasteiger partial charge >= 0.3 is 0 Å². The number of aromatic nitrogens is 6. The van der Waals surface area contributed by atoms with Gasteiger partial charge in [-0.15, -0.1) is 0 Å². The van der Waals surface area contributed by atoms with Crippen LogP contribution in [0.4, 0.5) is 10.1 Å². The van der Waals surface area contributed by atoms with Crippen molar-refractivity contribution in [3.05, 3.63) is 78.5 Å². The zero-order valence-electron chi connectivity index (χ0n) is 20.8. The van der Waals surface area contributed by atoms with Crippen LogP contribution in [-0.2, 0) is 4.79 Å². The molecule has 6 rings (SSSR count). The van der Waals surface area contributed by atoms with Gasteiger partial charge in [0.05, 0.1) is 22.9 Å². The minimum atomic E-state index is -0.293. The summed E-state index contributed by atoms with van der Waals surface area (Å²) < 4.78 is 14.1. The molecule has 0 unspecified atom stereocenters. The van der Waals surface area contributed by atoms with Crippen molar-refractivity contribution in [2.45, 2.75) is 26.7 Å². The third-order valence-electron chi connectivity index (χ3n) is 6.36. The maximum absolute atomic E-state index is 14.1. The molecule has 6 aromatic rings. The zero-order chi connectivity index (χ0) is 26.2. The number of aryl methyl sites for hydroxylation is 1. The summed E-state index contributed by atoms with van der Waals surface area (Å²) in [5.74, 6) is 0.222. The summed E-state index contributed by atoms with van der Waals surface area (Å²) in [4.78, 5) is 28.8. The van der Waals surface area contributed by atoms with Crippen molar-refractivity contribution >= 4 is 33.7 Å². The minimum absolute atomic E-state index is 0.0368. The molecule has 0 atom stereocenters. The molecule has 9 heteroatoms. The number of anilines is 1. The zero-order valence-corrected chi connectivity index (χ0v) is 20.8. The van der Waals surface area contributed by atoms with Gasteiger partial charge in [-0.1, -0.05) is 19.1 Å². The highest BCUT2D eigenvalue weighted by Gasteiger charge is 2.17. The fourth-order valence-corrected chi connectivity index (χ4v) is 4.65. The Hall–Kier alpha value is -4.92. The van der Waals surface area contributed by atoms with Crippen molar-refractivity contribution in [1.29, 1.82) is 0 Å². The van der Waals surface area contributed by atoms with E-state index in [1.165, 1.54) is 12.1 Å². The first-order chi connectivity index (χ1) is 18.5. The maximum atomic E-state index is 14.1. The molecule has 188 valence electrons. The molecule has 0 bridgehead atoms. The predicted molar refractivity (Wildman–Crippen MR) is 146 cm³/mol. The number of imidazole rings is 1. The third-order valence-corrected chi connectivity index (χ3v) is 6.36. The Labute approximate surface area is 217 Å². The molecule has 4 heterocycles. The number of aromatic amines is 2. The number of amides is 1. The van der Waals surface area contributed by atoms with E-state index in [1.807, 2.05) is 50.2 Å². The Morgan fingerprint density at radius 2 is 1.92 bits per heavy atom. The molecule has 0 radical (unpaired) electrons. The Morgan fingerprint density at radius 3 is 2.76 bits per heavy atom. The van der Waals surface area contributed by atoms with E-state index in [9.17, 15) is 9.18 Å². The van der Waals surface area contributed by atoms with Gasteiger partial charge in [0.15, 0.2) is 11.5 Å². The molecule has 0 saturated carbocycles. The fourth-order valence-electron chi connectivity index (χ4n) is 4.65. The Kier molecular flexibility index (Phi) is 5.88. The first-order valence-electron chi connectivity index (χ1n) is 12.3. The lowest BCUT2D eigenvalue weighted by atomic mass is 10.0. The molecule has 0 spiro atoms. The Bertz CT molecular complexity index is 1800. The molecule has 0 aliphatic rings. The molecule has 0 fully saturated rings. The second-order valence-electron chi connectivity index (χ2n) is 9.25. The predicted octanol–water partition coefficient (Wildman–Crippen LogP) is 6.42. The van der Waals surface area contributed by atoms with Crippen LogP contribution in [-0.4, -0.2) is 36.0 Å². The van der Waals surface area contributed by atoms with Crippen LogP contribution in [0.1, 0.15) is 25.3 Å². The van der Waals surface area contributed by atoms with Crippen molar-refractivity contribution in [2.75, 3.05) is 5.32 Å². The highest BCUT2D eigenvalue weighted by molar-refractivity contribution is 5.98. The number of carbonyl (C=O) groups is 1. The monoisotopic (exact) mass is 505 g/mol. The summed E-state index contributed by atoms with van der Waals surface area (Å²) in [5, 5.41) is 11.4. The number of rotatable bonds is 6. The number of hydrogen-bond acceptors (Lipinski definition) is 5. The van der Waals surface area contributed by atoms with E-state index in [0.717, 1.165) is 45.1 Å². The average molecular weight is 506 g/mol. The number of halogens is 1. The van der Waals surface area contributed by atoms with Gasteiger partial charge in [-0.05, 0) is 66.4 Å².